The summed E-state index contributed by atoms with van der Waals surface area (Å²) in [4.78, 5) is 16.0. The number of ether oxygens (including phenoxy) is 1. The van der Waals surface area contributed by atoms with E-state index < -0.39 is 0 Å². The van der Waals surface area contributed by atoms with Crippen molar-refractivity contribution in [2.45, 2.75) is 31.9 Å². The lowest BCUT2D eigenvalue weighted by Crippen LogP contribution is -2.40. The number of carbonyl (C=O) groups is 1. The zero-order chi connectivity index (χ0) is 13.0. The minimum Gasteiger partial charge on any atom is -0.373 e. The number of aromatic nitrogens is 1. The van der Waals surface area contributed by atoms with Crippen LogP contribution in [0.25, 0.3) is 0 Å². The maximum Gasteiger partial charge on any atom is 0.269 e. The highest BCUT2D eigenvalue weighted by Gasteiger charge is 2.30. The van der Waals surface area contributed by atoms with Crippen LogP contribution < -0.4 is 11.1 Å². The number of hydrogen-bond acceptors (Lipinski definition) is 4. The van der Waals surface area contributed by atoms with Crippen molar-refractivity contribution in [3.8, 4) is 0 Å². The van der Waals surface area contributed by atoms with Crippen molar-refractivity contribution in [2.75, 3.05) is 13.2 Å². The molecule has 1 aliphatic heterocycles. The van der Waals surface area contributed by atoms with Crippen LogP contribution in [0.1, 0.15) is 35.8 Å². The average Bonchev–Trinajstić information content (AvgIpc) is 2.83. The fourth-order valence-corrected chi connectivity index (χ4v) is 2.01. The smallest absolute Gasteiger partial charge is 0.269 e. The molecule has 18 heavy (non-hydrogen) atoms. The molecule has 1 atom stereocenters. The van der Waals surface area contributed by atoms with Crippen LogP contribution >= 0.6 is 0 Å². The van der Waals surface area contributed by atoms with E-state index in [4.69, 9.17) is 10.5 Å². The first-order chi connectivity index (χ1) is 8.63. The Morgan fingerprint density at radius 3 is 3.00 bits per heavy atom. The molecule has 1 aromatic rings. The first kappa shape index (κ1) is 13.0. The Balaban J connectivity index is 1.90. The number of nitrogens with two attached hydrogens (primary N) is 1. The predicted octanol–water partition coefficient (Wildman–Crippen LogP) is 0.839. The zero-order valence-corrected chi connectivity index (χ0v) is 10.6. The van der Waals surface area contributed by atoms with Crippen LogP contribution in [0.15, 0.2) is 18.3 Å². The summed E-state index contributed by atoms with van der Waals surface area (Å²) in [5.41, 5.74) is 6.57. The third-order valence-corrected chi connectivity index (χ3v) is 3.22. The molecule has 2 rings (SSSR count). The van der Waals surface area contributed by atoms with E-state index in [2.05, 4.69) is 10.3 Å². The Labute approximate surface area is 107 Å². The van der Waals surface area contributed by atoms with Gasteiger partial charge in [-0.3, -0.25) is 9.78 Å². The standard InChI is InChI=1S/C13H19N3O2/c1-13(5-2-6-18-13)9-16-12(17)11-4-3-10(7-14)8-15-11/h3-4,8H,2,5-7,9,14H2,1H3,(H,16,17). The van der Waals surface area contributed by atoms with E-state index in [1.54, 1.807) is 12.3 Å². The molecule has 0 aliphatic carbocycles. The maximum absolute atomic E-state index is 11.9. The van der Waals surface area contributed by atoms with Crippen LogP contribution in [0, 0.1) is 0 Å². The summed E-state index contributed by atoms with van der Waals surface area (Å²) < 4.78 is 5.61. The van der Waals surface area contributed by atoms with Gasteiger partial charge in [0.1, 0.15) is 5.69 Å². The van der Waals surface area contributed by atoms with Crippen molar-refractivity contribution in [2.24, 2.45) is 5.73 Å². The molecule has 0 radical (unpaired) electrons. The largest absolute Gasteiger partial charge is 0.373 e. The van der Waals surface area contributed by atoms with Gasteiger partial charge in [0.05, 0.1) is 5.60 Å². The molecule has 0 spiro atoms. The second-order valence-electron chi connectivity index (χ2n) is 4.84. The van der Waals surface area contributed by atoms with E-state index in [0.29, 0.717) is 18.8 Å². The number of nitrogens with one attached hydrogen (secondary N) is 1. The van der Waals surface area contributed by atoms with Crippen molar-refractivity contribution in [3.63, 3.8) is 0 Å². The third kappa shape index (κ3) is 3.05. The first-order valence-electron chi connectivity index (χ1n) is 6.20. The van der Waals surface area contributed by atoms with Crippen LogP contribution in [0.3, 0.4) is 0 Å². The van der Waals surface area contributed by atoms with Gasteiger partial charge in [0.2, 0.25) is 0 Å². The number of hydrogen-bond donors (Lipinski definition) is 2. The summed E-state index contributed by atoms with van der Waals surface area (Å²) in [5.74, 6) is -0.171. The predicted molar refractivity (Wildman–Crippen MR) is 68.1 cm³/mol. The van der Waals surface area contributed by atoms with E-state index in [1.165, 1.54) is 0 Å². The summed E-state index contributed by atoms with van der Waals surface area (Å²) in [7, 11) is 0. The molecule has 1 saturated heterocycles. The fourth-order valence-electron chi connectivity index (χ4n) is 2.01. The fraction of sp³-hybridized carbons (Fsp3) is 0.538. The molecular weight excluding hydrogens is 230 g/mol. The number of rotatable bonds is 4. The van der Waals surface area contributed by atoms with Crippen molar-refractivity contribution < 1.29 is 9.53 Å². The van der Waals surface area contributed by atoms with E-state index in [0.717, 1.165) is 25.0 Å². The van der Waals surface area contributed by atoms with Crippen LogP contribution in [-0.2, 0) is 11.3 Å². The Bertz CT molecular complexity index is 411. The number of carbonyl (C=O) groups excluding carboxylic acids is 1. The first-order valence-corrected chi connectivity index (χ1v) is 6.20. The number of amides is 1. The lowest BCUT2D eigenvalue weighted by molar-refractivity contribution is 0.0205. The lowest BCUT2D eigenvalue weighted by Gasteiger charge is -2.23. The van der Waals surface area contributed by atoms with Crippen LogP contribution in [0.5, 0.6) is 0 Å². The quantitative estimate of drug-likeness (QED) is 0.829. The van der Waals surface area contributed by atoms with Crippen molar-refractivity contribution >= 4 is 5.91 Å². The molecule has 1 aromatic heterocycles. The van der Waals surface area contributed by atoms with Gasteiger partial charge in [-0.2, -0.15) is 0 Å². The highest BCUT2D eigenvalue weighted by Crippen LogP contribution is 2.23. The molecule has 1 aliphatic rings. The summed E-state index contributed by atoms with van der Waals surface area (Å²) >= 11 is 0. The highest BCUT2D eigenvalue weighted by molar-refractivity contribution is 5.92. The normalized spacial score (nSPS) is 23.0. The Hall–Kier alpha value is -1.46. The SMILES string of the molecule is CC1(CNC(=O)c2ccc(CN)cn2)CCCO1. The van der Waals surface area contributed by atoms with E-state index in [1.807, 2.05) is 13.0 Å². The molecule has 3 N–H and O–H groups in total. The molecular formula is C13H19N3O2. The monoisotopic (exact) mass is 249 g/mol. The minimum atomic E-state index is -0.229. The molecule has 1 unspecified atom stereocenters. The second kappa shape index (κ2) is 5.46. The molecule has 5 heteroatoms. The summed E-state index contributed by atoms with van der Waals surface area (Å²) in [5, 5.41) is 2.86. The van der Waals surface area contributed by atoms with Crippen molar-refractivity contribution in [3.05, 3.63) is 29.6 Å². The molecule has 1 fully saturated rings. The molecule has 0 aromatic carbocycles. The average molecular weight is 249 g/mol. The van der Waals surface area contributed by atoms with Crippen molar-refractivity contribution in [1.82, 2.24) is 10.3 Å². The van der Waals surface area contributed by atoms with Gasteiger partial charge in [0.15, 0.2) is 0 Å². The lowest BCUT2D eigenvalue weighted by atomic mass is 10.0. The van der Waals surface area contributed by atoms with Gasteiger partial charge in [0.25, 0.3) is 5.91 Å². The van der Waals surface area contributed by atoms with Gasteiger partial charge in [-0.25, -0.2) is 0 Å². The summed E-state index contributed by atoms with van der Waals surface area (Å²) in [6.07, 6.45) is 3.66. The van der Waals surface area contributed by atoms with E-state index >= 15 is 0 Å². The number of nitrogens with zero attached hydrogens (tertiary/aromatic N) is 1. The molecule has 0 bridgehead atoms. The Morgan fingerprint density at radius 2 is 2.44 bits per heavy atom. The van der Waals surface area contributed by atoms with Crippen LogP contribution in [0.4, 0.5) is 0 Å². The van der Waals surface area contributed by atoms with Crippen molar-refractivity contribution in [1.29, 1.82) is 0 Å². The summed E-state index contributed by atoms with van der Waals surface area (Å²) in [6.45, 7) is 3.74. The summed E-state index contributed by atoms with van der Waals surface area (Å²) in [6, 6.07) is 3.51. The molecule has 2 heterocycles. The maximum atomic E-state index is 11.9. The molecule has 1 amide bonds. The van der Waals surface area contributed by atoms with Gasteiger partial charge in [-0.05, 0) is 31.4 Å². The van der Waals surface area contributed by atoms with Gasteiger partial charge in [-0.1, -0.05) is 6.07 Å². The third-order valence-electron chi connectivity index (χ3n) is 3.22. The Morgan fingerprint density at radius 1 is 1.61 bits per heavy atom. The van der Waals surface area contributed by atoms with Crippen LogP contribution in [0.2, 0.25) is 0 Å². The van der Waals surface area contributed by atoms with Gasteiger partial charge in [-0.15, -0.1) is 0 Å². The van der Waals surface area contributed by atoms with E-state index in [9.17, 15) is 4.79 Å². The van der Waals surface area contributed by atoms with Gasteiger partial charge < -0.3 is 15.8 Å². The zero-order valence-electron chi connectivity index (χ0n) is 10.6. The topological polar surface area (TPSA) is 77.2 Å². The van der Waals surface area contributed by atoms with Gasteiger partial charge >= 0.3 is 0 Å². The highest BCUT2D eigenvalue weighted by atomic mass is 16.5. The minimum absolute atomic E-state index is 0.171. The van der Waals surface area contributed by atoms with E-state index in [-0.39, 0.29) is 11.5 Å². The molecule has 0 saturated carbocycles. The number of pyridine rings is 1. The van der Waals surface area contributed by atoms with Gasteiger partial charge in [0, 0.05) is 25.9 Å². The molecule has 5 nitrogen and oxygen atoms in total. The Kier molecular flexibility index (Phi) is 3.93. The second-order valence-corrected chi connectivity index (χ2v) is 4.84. The molecule has 98 valence electrons. The van der Waals surface area contributed by atoms with Crippen LogP contribution in [-0.4, -0.2) is 29.6 Å².